The summed E-state index contributed by atoms with van der Waals surface area (Å²) in [6.07, 6.45) is 0. The smallest absolute Gasteiger partial charge is 0.127 e. The van der Waals surface area contributed by atoms with Gasteiger partial charge in [-0.1, -0.05) is 60.7 Å². The SMILES string of the molecule is COc1cc2cc(OC)c(-c3ccccc3)cc2cc1-c1ccccc1. The van der Waals surface area contributed by atoms with E-state index in [1.807, 2.05) is 36.4 Å². The minimum absolute atomic E-state index is 0.859. The summed E-state index contributed by atoms with van der Waals surface area (Å²) in [6, 6.07) is 29.2. The van der Waals surface area contributed by atoms with Gasteiger partial charge in [0.05, 0.1) is 14.2 Å². The maximum atomic E-state index is 5.66. The molecule has 4 rings (SSSR count). The maximum Gasteiger partial charge on any atom is 0.127 e. The van der Waals surface area contributed by atoms with Gasteiger partial charge in [-0.05, 0) is 46.2 Å². The van der Waals surface area contributed by atoms with Crippen molar-refractivity contribution >= 4 is 10.8 Å². The van der Waals surface area contributed by atoms with Gasteiger partial charge in [0.1, 0.15) is 11.5 Å². The number of methoxy groups -OCH3 is 2. The Morgan fingerprint density at radius 3 is 1.27 bits per heavy atom. The predicted molar refractivity (Wildman–Crippen MR) is 108 cm³/mol. The first-order valence-corrected chi connectivity index (χ1v) is 8.61. The van der Waals surface area contributed by atoms with Gasteiger partial charge in [0.25, 0.3) is 0 Å². The molecule has 0 aliphatic carbocycles. The topological polar surface area (TPSA) is 18.5 Å². The van der Waals surface area contributed by atoms with Crippen molar-refractivity contribution in [3.8, 4) is 33.8 Å². The molecule has 0 aliphatic rings. The van der Waals surface area contributed by atoms with E-state index in [1.165, 1.54) is 0 Å². The molecule has 0 heterocycles. The summed E-state index contributed by atoms with van der Waals surface area (Å²) in [5, 5.41) is 2.25. The van der Waals surface area contributed by atoms with Crippen LogP contribution in [0.2, 0.25) is 0 Å². The summed E-state index contributed by atoms with van der Waals surface area (Å²) < 4.78 is 11.3. The van der Waals surface area contributed by atoms with Crippen LogP contribution in [0.1, 0.15) is 0 Å². The zero-order chi connectivity index (χ0) is 17.9. The summed E-state index contributed by atoms with van der Waals surface area (Å²) in [7, 11) is 3.42. The Balaban J connectivity index is 1.97. The van der Waals surface area contributed by atoms with Crippen molar-refractivity contribution < 1.29 is 9.47 Å². The Bertz CT molecular complexity index is 956. The second-order valence-corrected chi connectivity index (χ2v) is 6.18. The number of hydrogen-bond acceptors (Lipinski definition) is 2. The first kappa shape index (κ1) is 16.2. The molecule has 0 aromatic heterocycles. The maximum absolute atomic E-state index is 5.66. The van der Waals surface area contributed by atoms with Gasteiger partial charge in [0.15, 0.2) is 0 Å². The monoisotopic (exact) mass is 340 g/mol. The third kappa shape index (κ3) is 2.91. The minimum atomic E-state index is 0.859. The molecule has 128 valence electrons. The van der Waals surface area contributed by atoms with Crippen LogP contribution in [0.25, 0.3) is 33.0 Å². The average Bonchev–Trinajstić information content (AvgIpc) is 2.73. The van der Waals surface area contributed by atoms with Gasteiger partial charge < -0.3 is 9.47 Å². The van der Waals surface area contributed by atoms with Gasteiger partial charge in [0, 0.05) is 11.1 Å². The number of benzene rings is 4. The van der Waals surface area contributed by atoms with E-state index in [4.69, 9.17) is 9.47 Å². The molecule has 0 atom stereocenters. The molecule has 0 saturated carbocycles. The highest BCUT2D eigenvalue weighted by atomic mass is 16.5. The highest BCUT2D eigenvalue weighted by molar-refractivity contribution is 5.95. The molecule has 0 bridgehead atoms. The predicted octanol–water partition coefficient (Wildman–Crippen LogP) is 6.19. The van der Waals surface area contributed by atoms with Gasteiger partial charge >= 0.3 is 0 Å². The molecule has 0 radical (unpaired) electrons. The van der Waals surface area contributed by atoms with E-state index in [-0.39, 0.29) is 0 Å². The largest absolute Gasteiger partial charge is 0.496 e. The fourth-order valence-corrected chi connectivity index (χ4v) is 3.33. The van der Waals surface area contributed by atoms with Crippen molar-refractivity contribution in [3.63, 3.8) is 0 Å². The third-order valence-electron chi connectivity index (χ3n) is 4.65. The summed E-state index contributed by atoms with van der Waals surface area (Å²) in [6.45, 7) is 0. The van der Waals surface area contributed by atoms with Gasteiger partial charge in [-0.25, -0.2) is 0 Å². The molecule has 26 heavy (non-hydrogen) atoms. The Morgan fingerprint density at radius 2 is 0.885 bits per heavy atom. The summed E-state index contributed by atoms with van der Waals surface area (Å²) in [5.41, 5.74) is 4.46. The van der Waals surface area contributed by atoms with Crippen LogP contribution in [0.4, 0.5) is 0 Å². The van der Waals surface area contributed by atoms with Crippen LogP contribution in [0, 0.1) is 0 Å². The molecule has 0 aliphatic heterocycles. The van der Waals surface area contributed by atoms with Crippen molar-refractivity contribution in [3.05, 3.63) is 84.9 Å². The second-order valence-electron chi connectivity index (χ2n) is 6.18. The van der Waals surface area contributed by atoms with Gasteiger partial charge in [-0.2, -0.15) is 0 Å². The third-order valence-corrected chi connectivity index (χ3v) is 4.65. The van der Waals surface area contributed by atoms with E-state index in [1.54, 1.807) is 14.2 Å². The quantitative estimate of drug-likeness (QED) is 0.441. The van der Waals surface area contributed by atoms with Crippen molar-refractivity contribution in [2.45, 2.75) is 0 Å². The van der Waals surface area contributed by atoms with Gasteiger partial charge in [-0.3, -0.25) is 0 Å². The van der Waals surface area contributed by atoms with Gasteiger partial charge in [-0.15, -0.1) is 0 Å². The zero-order valence-corrected chi connectivity index (χ0v) is 14.9. The molecule has 0 unspecified atom stereocenters. The van der Waals surface area contributed by atoms with Crippen molar-refractivity contribution in [2.75, 3.05) is 14.2 Å². The van der Waals surface area contributed by atoms with Crippen molar-refractivity contribution in [2.24, 2.45) is 0 Å². The van der Waals surface area contributed by atoms with E-state index >= 15 is 0 Å². The van der Waals surface area contributed by atoms with Crippen LogP contribution in [-0.4, -0.2) is 14.2 Å². The molecule has 0 N–H and O–H groups in total. The zero-order valence-electron chi connectivity index (χ0n) is 14.9. The first-order valence-electron chi connectivity index (χ1n) is 8.61. The number of rotatable bonds is 4. The van der Waals surface area contributed by atoms with Crippen LogP contribution in [-0.2, 0) is 0 Å². The average molecular weight is 340 g/mol. The Labute approximate surface area is 153 Å². The van der Waals surface area contributed by atoms with Gasteiger partial charge in [0.2, 0.25) is 0 Å². The molecule has 0 amide bonds. The standard InChI is InChI=1S/C24H20O2/c1-25-23-15-20-16-24(26-2)22(18-11-7-4-8-12-18)14-19(20)13-21(23)17-9-5-3-6-10-17/h3-16H,1-2H3. The van der Waals surface area contributed by atoms with Crippen molar-refractivity contribution in [1.29, 1.82) is 0 Å². The molecule has 2 heteroatoms. The Morgan fingerprint density at radius 1 is 0.500 bits per heavy atom. The minimum Gasteiger partial charge on any atom is -0.496 e. The molecule has 4 aromatic rings. The molecule has 4 aromatic carbocycles. The number of hydrogen-bond donors (Lipinski definition) is 0. The lowest BCUT2D eigenvalue weighted by Crippen LogP contribution is -1.92. The molecular weight excluding hydrogens is 320 g/mol. The fourth-order valence-electron chi connectivity index (χ4n) is 3.33. The highest BCUT2D eigenvalue weighted by Gasteiger charge is 2.12. The van der Waals surface area contributed by atoms with Crippen LogP contribution in [0.5, 0.6) is 11.5 Å². The molecule has 2 nitrogen and oxygen atoms in total. The van der Waals surface area contributed by atoms with Crippen LogP contribution in [0.15, 0.2) is 84.9 Å². The lowest BCUT2D eigenvalue weighted by molar-refractivity contribution is 0.415. The summed E-state index contributed by atoms with van der Waals surface area (Å²) >= 11 is 0. The normalized spacial score (nSPS) is 10.7. The Hall–Kier alpha value is -3.26. The van der Waals surface area contributed by atoms with Crippen LogP contribution >= 0.6 is 0 Å². The van der Waals surface area contributed by atoms with Crippen LogP contribution in [0.3, 0.4) is 0 Å². The van der Waals surface area contributed by atoms with Crippen LogP contribution < -0.4 is 9.47 Å². The summed E-state index contributed by atoms with van der Waals surface area (Å²) in [4.78, 5) is 0. The Kier molecular flexibility index (Phi) is 4.32. The molecule has 0 fully saturated rings. The molecule has 0 spiro atoms. The molecule has 0 saturated heterocycles. The highest BCUT2D eigenvalue weighted by Crippen LogP contribution is 2.39. The number of fused-ring (bicyclic) bond motifs is 1. The molecular formula is C24H20O2. The number of ether oxygens (including phenoxy) is 2. The second kappa shape index (κ2) is 6.93. The lowest BCUT2D eigenvalue weighted by Gasteiger charge is -2.14. The first-order chi connectivity index (χ1) is 12.8. The summed E-state index contributed by atoms with van der Waals surface area (Å²) in [5.74, 6) is 1.72. The lowest BCUT2D eigenvalue weighted by atomic mass is 9.96. The van der Waals surface area contributed by atoms with E-state index in [0.29, 0.717) is 0 Å². The van der Waals surface area contributed by atoms with E-state index in [2.05, 4.69) is 48.5 Å². The van der Waals surface area contributed by atoms with Crippen molar-refractivity contribution in [1.82, 2.24) is 0 Å². The fraction of sp³-hybridized carbons (Fsp3) is 0.0833. The van der Waals surface area contributed by atoms with E-state index in [9.17, 15) is 0 Å². The van der Waals surface area contributed by atoms with E-state index in [0.717, 1.165) is 44.5 Å². The van der Waals surface area contributed by atoms with E-state index < -0.39 is 0 Å².